The molecule has 0 radical (unpaired) electrons. The number of likely N-dealkylation sites (tertiary alicyclic amines) is 1. The molecule has 70 heavy (non-hydrogen) atoms. The van der Waals surface area contributed by atoms with Crippen LogP contribution in [0.3, 0.4) is 0 Å². The highest BCUT2D eigenvalue weighted by Gasteiger charge is 2.42. The van der Waals surface area contributed by atoms with Gasteiger partial charge in [0, 0.05) is 60.4 Å². The lowest BCUT2D eigenvalue weighted by Gasteiger charge is -2.35. The van der Waals surface area contributed by atoms with Crippen LogP contribution < -0.4 is 24.8 Å². The third-order valence-corrected chi connectivity index (χ3v) is 15.7. The molecule has 2 saturated heterocycles. The summed E-state index contributed by atoms with van der Waals surface area (Å²) in [5.74, 6) is 2.34. The van der Waals surface area contributed by atoms with Crippen molar-refractivity contribution in [3.63, 3.8) is 0 Å². The molecule has 4 aromatic carbocycles. The molecule has 3 atom stereocenters. The fraction of sp³-hybridized carbons (Fsp3) is 0.407. The summed E-state index contributed by atoms with van der Waals surface area (Å²) in [6.07, 6.45) is 1.28. The van der Waals surface area contributed by atoms with Crippen LogP contribution in [-0.2, 0) is 19.1 Å². The number of amides is 3. The maximum Gasteiger partial charge on any atom is 0.246 e. The second-order valence-electron chi connectivity index (χ2n) is 19.0. The average molecular weight is 1050 g/mol. The minimum Gasteiger partial charge on any atom is -0.497 e. The van der Waals surface area contributed by atoms with Gasteiger partial charge < -0.3 is 34.5 Å². The molecule has 2 fully saturated rings. The fourth-order valence-electron chi connectivity index (χ4n) is 8.90. The Balaban J connectivity index is 0.735. The number of fused-ring (bicyclic) bond motifs is 1. The molecule has 3 amide bonds. The first kappa shape index (κ1) is 51.0. The van der Waals surface area contributed by atoms with Crippen LogP contribution in [0.4, 0.5) is 0 Å². The average Bonchev–Trinajstić information content (AvgIpc) is 4.12. The van der Waals surface area contributed by atoms with Gasteiger partial charge >= 0.3 is 0 Å². The quantitative estimate of drug-likeness (QED) is 0.0756. The molecule has 2 N–H and O–H groups in total. The van der Waals surface area contributed by atoms with E-state index in [0.29, 0.717) is 39.1 Å². The summed E-state index contributed by atoms with van der Waals surface area (Å²) in [4.78, 5) is 53.9. The molecular formula is C54H63BrN6O7S2. The van der Waals surface area contributed by atoms with Gasteiger partial charge in [0.05, 0.1) is 40.7 Å². The lowest BCUT2D eigenvalue weighted by Crippen LogP contribution is -2.58. The van der Waals surface area contributed by atoms with Crippen LogP contribution >= 0.6 is 38.6 Å². The molecule has 0 aliphatic carbocycles. The Morgan fingerprint density at radius 3 is 2.11 bits per heavy atom. The number of nitrogens with one attached hydrogen (secondary N) is 2. The highest BCUT2D eigenvalue weighted by molar-refractivity contribution is 9.10. The largest absolute Gasteiger partial charge is 0.497 e. The highest BCUT2D eigenvalue weighted by atomic mass is 79.9. The van der Waals surface area contributed by atoms with E-state index >= 15 is 0 Å². The van der Waals surface area contributed by atoms with Gasteiger partial charge in [-0.05, 0) is 103 Å². The van der Waals surface area contributed by atoms with Crippen molar-refractivity contribution in [1.82, 2.24) is 30.3 Å². The number of carbonyl (C=O) groups is 3. The zero-order valence-electron chi connectivity index (χ0n) is 40.8. The van der Waals surface area contributed by atoms with Gasteiger partial charge in [0.2, 0.25) is 17.7 Å². The minimum atomic E-state index is -0.817. The van der Waals surface area contributed by atoms with E-state index in [-0.39, 0.29) is 30.4 Å². The molecule has 13 nitrogen and oxygen atoms in total. The number of hydrogen-bond donors (Lipinski definition) is 2. The van der Waals surface area contributed by atoms with E-state index in [9.17, 15) is 14.4 Å². The summed E-state index contributed by atoms with van der Waals surface area (Å²) >= 11 is 6.83. The van der Waals surface area contributed by atoms with E-state index in [4.69, 9.17) is 18.9 Å². The number of thiophene rings is 1. The summed E-state index contributed by atoms with van der Waals surface area (Å²) in [5, 5.41) is 7.12. The number of hydrogen-bond acceptors (Lipinski definition) is 12. The zero-order valence-corrected chi connectivity index (χ0v) is 44.0. The number of thiazole rings is 1. The Bertz CT molecular complexity index is 2710. The van der Waals surface area contributed by atoms with Crippen LogP contribution in [-0.4, -0.2) is 122 Å². The summed E-state index contributed by atoms with van der Waals surface area (Å²) in [6, 6.07) is 28.6. The van der Waals surface area contributed by atoms with Gasteiger partial charge in [-0.15, -0.1) is 22.7 Å². The monoisotopic (exact) mass is 1050 g/mol. The van der Waals surface area contributed by atoms with Gasteiger partial charge in [-0.1, -0.05) is 73.1 Å². The smallest absolute Gasteiger partial charge is 0.246 e. The maximum absolute atomic E-state index is 14.1. The number of rotatable bonds is 19. The van der Waals surface area contributed by atoms with E-state index in [0.717, 1.165) is 102 Å². The number of carbonyl (C=O) groups excluding carboxylic acids is 3. The van der Waals surface area contributed by atoms with Crippen molar-refractivity contribution in [1.29, 1.82) is 0 Å². The summed E-state index contributed by atoms with van der Waals surface area (Å²) in [6.45, 7) is 16.1. The fourth-order valence-corrected chi connectivity index (χ4v) is 11.1. The lowest BCUT2D eigenvalue weighted by molar-refractivity contribution is -0.144. The summed E-state index contributed by atoms with van der Waals surface area (Å²) < 4.78 is 26.2. The minimum absolute atomic E-state index is 0.152. The Kier molecular flexibility index (Phi) is 16.9. The highest BCUT2D eigenvalue weighted by Crippen LogP contribution is 2.47. The molecule has 370 valence electrons. The van der Waals surface area contributed by atoms with E-state index in [1.54, 1.807) is 34.7 Å². The van der Waals surface area contributed by atoms with Crippen molar-refractivity contribution in [3.05, 3.63) is 112 Å². The third kappa shape index (κ3) is 12.7. The van der Waals surface area contributed by atoms with Crippen LogP contribution in [0.5, 0.6) is 23.0 Å². The molecule has 0 saturated carbocycles. The molecule has 2 aromatic heterocycles. The van der Waals surface area contributed by atoms with Crippen LogP contribution in [0.2, 0.25) is 0 Å². The first-order valence-electron chi connectivity index (χ1n) is 23.9. The van der Waals surface area contributed by atoms with Crippen molar-refractivity contribution in [2.75, 3.05) is 72.7 Å². The van der Waals surface area contributed by atoms with Gasteiger partial charge in [-0.25, -0.2) is 4.98 Å². The summed E-state index contributed by atoms with van der Waals surface area (Å²) in [7, 11) is 1.68. The predicted molar refractivity (Wildman–Crippen MR) is 282 cm³/mol. The molecular weight excluding hydrogens is 989 g/mol. The molecule has 8 rings (SSSR count). The number of ether oxygens (including phenoxy) is 4. The second-order valence-corrected chi connectivity index (χ2v) is 21.8. The van der Waals surface area contributed by atoms with Gasteiger partial charge in [-0.3, -0.25) is 24.2 Å². The van der Waals surface area contributed by atoms with E-state index in [2.05, 4.69) is 65.6 Å². The molecule has 2 aliphatic rings. The van der Waals surface area contributed by atoms with Crippen molar-refractivity contribution in [3.8, 4) is 43.9 Å². The topological polar surface area (TPSA) is 135 Å². The van der Waals surface area contributed by atoms with Gasteiger partial charge in [-0.2, -0.15) is 0 Å². The number of piperazine rings is 1. The Morgan fingerprint density at radius 2 is 1.46 bits per heavy atom. The number of methoxy groups -OCH3 is 1. The number of benzene rings is 4. The Hall–Kier alpha value is -5.36. The Labute approximate surface area is 427 Å². The van der Waals surface area contributed by atoms with Crippen molar-refractivity contribution < 1.29 is 33.3 Å². The third-order valence-electron chi connectivity index (χ3n) is 13.0. The number of aromatic nitrogens is 1. The molecule has 16 heteroatoms. The second kappa shape index (κ2) is 23.2. The summed E-state index contributed by atoms with van der Waals surface area (Å²) in [5.41, 5.74) is 5.40. The first-order chi connectivity index (χ1) is 33.7. The van der Waals surface area contributed by atoms with E-state index in [1.807, 2.05) is 107 Å². The van der Waals surface area contributed by atoms with Crippen LogP contribution in [0.25, 0.3) is 31.0 Å². The van der Waals surface area contributed by atoms with E-state index in [1.165, 1.54) is 0 Å². The standard InChI is InChI=1S/C54H63BrN6O7S2/c1-35(37-9-11-38(12-10-37)49-36(2)56-34-69-49)57-52(63)45-8-7-23-61(45)53(64)51(54(3,4)5)58-47(62)33-66-30-28-59-24-26-60(27-25-59)29-31-67-41-17-19-42(20-18-41)68-48-44-22-21-43(65-6)32-46(44)70-50(48)39-13-15-40(55)16-14-39/h9-22,32,34-35,45,51H,7-8,23-31,33H2,1-6H3,(H,57,63)(H,58,62)/t35-,45-,51?/m0/s1. The molecule has 2 aliphatic heterocycles. The lowest BCUT2D eigenvalue weighted by atomic mass is 9.85. The van der Waals surface area contributed by atoms with Crippen molar-refractivity contribution in [2.24, 2.45) is 5.41 Å². The number of halogens is 1. The van der Waals surface area contributed by atoms with Crippen molar-refractivity contribution in [2.45, 2.75) is 65.6 Å². The van der Waals surface area contributed by atoms with Crippen LogP contribution in [0.1, 0.15) is 57.8 Å². The normalized spacial score (nSPS) is 16.5. The number of nitrogens with zero attached hydrogens (tertiary/aromatic N) is 4. The predicted octanol–water partition coefficient (Wildman–Crippen LogP) is 9.98. The van der Waals surface area contributed by atoms with Gasteiger partial charge in [0.15, 0.2) is 5.75 Å². The van der Waals surface area contributed by atoms with E-state index < -0.39 is 17.5 Å². The molecule has 1 unspecified atom stereocenters. The molecule has 0 bridgehead atoms. The van der Waals surface area contributed by atoms with Gasteiger partial charge in [0.1, 0.15) is 42.5 Å². The maximum atomic E-state index is 14.1. The molecule has 6 aromatic rings. The number of aryl methyl sites for hydroxylation is 1. The SMILES string of the molecule is COc1ccc2c(Oc3ccc(OCCN4CCN(CCOCC(=O)NC(C(=O)N5CCC[C@H]5C(=O)N[C@@H](C)c5ccc(-c6scnc6C)cc5)C(C)(C)C)CC4)cc3)c(-c3ccc(Br)cc3)sc2c1. The Morgan fingerprint density at radius 1 is 0.814 bits per heavy atom. The zero-order chi connectivity index (χ0) is 49.4. The van der Waals surface area contributed by atoms with Crippen LogP contribution in [0, 0.1) is 12.3 Å². The van der Waals surface area contributed by atoms with Crippen molar-refractivity contribution >= 4 is 66.4 Å². The van der Waals surface area contributed by atoms with Crippen LogP contribution in [0.15, 0.2) is 101 Å². The molecule has 0 spiro atoms. The van der Waals surface area contributed by atoms with Gasteiger partial charge in [0.25, 0.3) is 0 Å². The first-order valence-corrected chi connectivity index (χ1v) is 26.4. The molecule has 4 heterocycles.